The molecule has 0 bridgehead atoms. The minimum atomic E-state index is 0.333. The Kier molecular flexibility index (Phi) is 3.61. The van der Waals surface area contributed by atoms with Crippen LogP contribution in [0.3, 0.4) is 0 Å². The van der Waals surface area contributed by atoms with E-state index in [0.29, 0.717) is 12.0 Å². The molecule has 2 atom stereocenters. The number of likely N-dealkylation sites (tertiary alicyclic amines) is 1. The van der Waals surface area contributed by atoms with Crippen LogP contribution in [0.5, 0.6) is 0 Å². The molecule has 1 aromatic rings. The van der Waals surface area contributed by atoms with Crippen LogP contribution < -0.4 is 5.73 Å². The molecule has 0 saturated carbocycles. The Morgan fingerprint density at radius 2 is 2.38 bits per heavy atom. The quantitative estimate of drug-likeness (QED) is 0.822. The zero-order valence-electron chi connectivity index (χ0n) is 10.3. The smallest absolute Gasteiger partial charge is 0.105 e. The maximum absolute atomic E-state index is 5.93. The van der Waals surface area contributed by atoms with Gasteiger partial charge in [0, 0.05) is 38.1 Å². The summed E-state index contributed by atoms with van der Waals surface area (Å²) in [7, 11) is 0. The van der Waals surface area contributed by atoms with Gasteiger partial charge in [0.1, 0.15) is 5.82 Å². The molecular weight excluding hydrogens is 200 g/mol. The van der Waals surface area contributed by atoms with E-state index in [-0.39, 0.29) is 0 Å². The molecular formula is C12H22N4. The van der Waals surface area contributed by atoms with Gasteiger partial charge in [-0.3, -0.25) is 0 Å². The monoisotopic (exact) mass is 222 g/mol. The maximum atomic E-state index is 5.93. The summed E-state index contributed by atoms with van der Waals surface area (Å²) in [6.07, 6.45) is 5.17. The van der Waals surface area contributed by atoms with Crippen molar-refractivity contribution in [2.45, 2.75) is 32.9 Å². The first-order chi connectivity index (χ1) is 7.66. The van der Waals surface area contributed by atoms with Crippen LogP contribution in [0.15, 0.2) is 12.4 Å². The second-order valence-electron chi connectivity index (χ2n) is 4.88. The lowest BCUT2D eigenvalue weighted by molar-refractivity contribution is 0.301. The first-order valence-corrected chi connectivity index (χ1v) is 6.12. The fourth-order valence-corrected chi connectivity index (χ4v) is 2.38. The van der Waals surface area contributed by atoms with Crippen molar-refractivity contribution in [1.29, 1.82) is 0 Å². The van der Waals surface area contributed by atoms with E-state index in [1.807, 2.05) is 6.20 Å². The predicted molar refractivity (Wildman–Crippen MR) is 65.2 cm³/mol. The third-order valence-corrected chi connectivity index (χ3v) is 3.63. The van der Waals surface area contributed by atoms with Gasteiger partial charge in [-0.05, 0) is 32.7 Å². The van der Waals surface area contributed by atoms with Gasteiger partial charge in [0.25, 0.3) is 0 Å². The van der Waals surface area contributed by atoms with Gasteiger partial charge in [0.15, 0.2) is 0 Å². The number of rotatable bonds is 4. The molecule has 0 aliphatic carbocycles. The Bertz CT molecular complexity index is 332. The number of nitrogens with zero attached hydrogens (tertiary/aromatic N) is 3. The molecule has 16 heavy (non-hydrogen) atoms. The Hall–Kier alpha value is -0.870. The Morgan fingerprint density at radius 3 is 2.94 bits per heavy atom. The van der Waals surface area contributed by atoms with Crippen molar-refractivity contribution < 1.29 is 0 Å². The van der Waals surface area contributed by atoms with E-state index < -0.39 is 0 Å². The van der Waals surface area contributed by atoms with Crippen LogP contribution in [0, 0.1) is 12.8 Å². The maximum Gasteiger partial charge on any atom is 0.105 e. The van der Waals surface area contributed by atoms with Gasteiger partial charge in [-0.2, -0.15) is 0 Å². The van der Waals surface area contributed by atoms with Crippen molar-refractivity contribution in [3.05, 3.63) is 18.2 Å². The molecule has 2 rings (SSSR count). The second kappa shape index (κ2) is 4.97. The number of nitrogens with two attached hydrogens (primary N) is 1. The SMILES string of the molecule is Cc1nccn1CCN1CCC(C(C)N)C1. The average Bonchev–Trinajstić information content (AvgIpc) is 2.83. The topological polar surface area (TPSA) is 47.1 Å². The molecule has 4 heteroatoms. The lowest BCUT2D eigenvalue weighted by Gasteiger charge is -2.18. The molecule has 2 unspecified atom stereocenters. The van der Waals surface area contributed by atoms with Crippen LogP contribution in [-0.4, -0.2) is 40.1 Å². The lowest BCUT2D eigenvalue weighted by Crippen LogP contribution is -2.31. The molecule has 1 aliphatic heterocycles. The third-order valence-electron chi connectivity index (χ3n) is 3.63. The van der Waals surface area contributed by atoms with Crippen LogP contribution in [0.1, 0.15) is 19.2 Å². The first-order valence-electron chi connectivity index (χ1n) is 6.12. The lowest BCUT2D eigenvalue weighted by atomic mass is 10.0. The summed E-state index contributed by atoms with van der Waals surface area (Å²) in [6, 6.07) is 0.333. The van der Waals surface area contributed by atoms with Gasteiger partial charge in [-0.1, -0.05) is 0 Å². The van der Waals surface area contributed by atoms with Crippen molar-refractivity contribution >= 4 is 0 Å². The molecule has 0 amide bonds. The van der Waals surface area contributed by atoms with Crippen molar-refractivity contribution in [1.82, 2.24) is 14.5 Å². The summed E-state index contributed by atoms with van der Waals surface area (Å²) in [4.78, 5) is 6.74. The molecule has 90 valence electrons. The van der Waals surface area contributed by atoms with Crippen molar-refractivity contribution in [3.63, 3.8) is 0 Å². The molecule has 2 heterocycles. The summed E-state index contributed by atoms with van der Waals surface area (Å²) >= 11 is 0. The van der Waals surface area contributed by atoms with Crippen LogP contribution >= 0.6 is 0 Å². The molecule has 1 aromatic heterocycles. The molecule has 1 aliphatic rings. The molecule has 1 saturated heterocycles. The summed E-state index contributed by atoms with van der Waals surface area (Å²) < 4.78 is 2.21. The predicted octanol–water partition coefficient (Wildman–Crippen LogP) is 0.861. The molecule has 0 aromatic carbocycles. The minimum absolute atomic E-state index is 0.333. The summed E-state index contributed by atoms with van der Waals surface area (Å²) in [5.41, 5.74) is 5.93. The van der Waals surface area contributed by atoms with Gasteiger partial charge in [-0.25, -0.2) is 4.98 Å². The third kappa shape index (κ3) is 2.62. The van der Waals surface area contributed by atoms with Gasteiger partial charge in [0.05, 0.1) is 0 Å². The van der Waals surface area contributed by atoms with E-state index >= 15 is 0 Å². The largest absolute Gasteiger partial charge is 0.334 e. The average molecular weight is 222 g/mol. The number of aromatic nitrogens is 2. The highest BCUT2D eigenvalue weighted by molar-refractivity contribution is 4.89. The van der Waals surface area contributed by atoms with E-state index in [9.17, 15) is 0 Å². The highest BCUT2D eigenvalue weighted by atomic mass is 15.2. The summed E-state index contributed by atoms with van der Waals surface area (Å²) in [5.74, 6) is 1.78. The summed E-state index contributed by atoms with van der Waals surface area (Å²) in [6.45, 7) is 8.67. The second-order valence-corrected chi connectivity index (χ2v) is 4.88. The Morgan fingerprint density at radius 1 is 1.56 bits per heavy atom. The molecule has 2 N–H and O–H groups in total. The Balaban J connectivity index is 1.78. The van der Waals surface area contributed by atoms with E-state index in [4.69, 9.17) is 5.73 Å². The Labute approximate surface area is 97.4 Å². The normalized spacial score (nSPS) is 23.8. The number of aryl methyl sites for hydroxylation is 1. The van der Waals surface area contributed by atoms with Crippen molar-refractivity contribution in [3.8, 4) is 0 Å². The highest BCUT2D eigenvalue weighted by Crippen LogP contribution is 2.18. The van der Waals surface area contributed by atoms with Gasteiger partial charge >= 0.3 is 0 Å². The minimum Gasteiger partial charge on any atom is -0.334 e. The van der Waals surface area contributed by atoms with Crippen molar-refractivity contribution in [2.75, 3.05) is 19.6 Å². The molecule has 0 radical (unpaired) electrons. The summed E-state index contributed by atoms with van der Waals surface area (Å²) in [5, 5.41) is 0. The first kappa shape index (κ1) is 11.6. The standard InChI is InChI=1S/C12H22N4/c1-10(13)12-3-5-15(9-12)7-8-16-6-4-14-11(16)2/h4,6,10,12H,3,5,7-9,13H2,1-2H3. The van der Waals surface area contributed by atoms with Gasteiger partial charge in [0.2, 0.25) is 0 Å². The number of hydrogen-bond donors (Lipinski definition) is 1. The molecule has 0 spiro atoms. The fourth-order valence-electron chi connectivity index (χ4n) is 2.38. The van der Waals surface area contributed by atoms with E-state index in [0.717, 1.165) is 25.5 Å². The van der Waals surface area contributed by atoms with E-state index in [1.165, 1.54) is 13.0 Å². The van der Waals surface area contributed by atoms with Gasteiger partial charge in [-0.15, -0.1) is 0 Å². The van der Waals surface area contributed by atoms with Crippen LogP contribution in [0.25, 0.3) is 0 Å². The number of hydrogen-bond acceptors (Lipinski definition) is 3. The number of imidazole rings is 1. The van der Waals surface area contributed by atoms with Crippen LogP contribution in [0.4, 0.5) is 0 Å². The van der Waals surface area contributed by atoms with Gasteiger partial charge < -0.3 is 15.2 Å². The van der Waals surface area contributed by atoms with Crippen LogP contribution in [-0.2, 0) is 6.54 Å². The van der Waals surface area contributed by atoms with E-state index in [1.54, 1.807) is 0 Å². The van der Waals surface area contributed by atoms with Crippen molar-refractivity contribution in [2.24, 2.45) is 11.7 Å². The fraction of sp³-hybridized carbons (Fsp3) is 0.750. The highest BCUT2D eigenvalue weighted by Gasteiger charge is 2.24. The van der Waals surface area contributed by atoms with Crippen LogP contribution in [0.2, 0.25) is 0 Å². The van der Waals surface area contributed by atoms with E-state index in [2.05, 4.69) is 34.5 Å². The zero-order chi connectivity index (χ0) is 11.5. The zero-order valence-corrected chi connectivity index (χ0v) is 10.3. The molecule has 4 nitrogen and oxygen atoms in total. The molecule has 1 fully saturated rings.